The number of para-hydroxylation sites is 2. The second-order valence-corrected chi connectivity index (χ2v) is 9.58. The van der Waals surface area contributed by atoms with E-state index in [1.807, 2.05) is 34.1 Å². The molecule has 0 bridgehead atoms. The minimum Gasteiger partial charge on any atom is -0.437 e. The number of nitrogens with one attached hydrogen (secondary N) is 2. The SMILES string of the molecule is N#CC(=C1Nc2ccccc2O1)c1ccnc(NCCCC(=O)N2CCN(CC(=O)N3CCCC3)CC2)n1. The summed E-state index contributed by atoms with van der Waals surface area (Å²) in [4.78, 5) is 39.7. The van der Waals surface area contributed by atoms with Gasteiger partial charge in [-0.2, -0.15) is 5.26 Å². The number of carbonyl (C=O) groups excluding carboxylic acids is 2. The summed E-state index contributed by atoms with van der Waals surface area (Å²) >= 11 is 0. The number of carbonyl (C=O) groups is 2. The van der Waals surface area contributed by atoms with Crippen LogP contribution in [-0.2, 0) is 9.59 Å². The number of ether oxygens (including phenoxy) is 1. The normalized spacial score (nSPS) is 18.3. The quantitative estimate of drug-likeness (QED) is 0.401. The van der Waals surface area contributed by atoms with Crippen molar-refractivity contribution in [3.8, 4) is 11.8 Å². The van der Waals surface area contributed by atoms with Crippen LogP contribution in [0, 0.1) is 11.3 Å². The molecular weight excluding hydrogens is 484 g/mol. The van der Waals surface area contributed by atoms with E-state index >= 15 is 0 Å². The highest BCUT2D eigenvalue weighted by Crippen LogP contribution is 2.35. The zero-order chi connectivity index (χ0) is 26.3. The van der Waals surface area contributed by atoms with Gasteiger partial charge in [0.15, 0.2) is 5.75 Å². The maximum atomic E-state index is 12.7. The van der Waals surface area contributed by atoms with Gasteiger partial charge in [-0.25, -0.2) is 9.97 Å². The van der Waals surface area contributed by atoms with Crippen LogP contribution in [0.15, 0.2) is 42.4 Å². The Morgan fingerprint density at radius 2 is 1.79 bits per heavy atom. The highest BCUT2D eigenvalue weighted by Gasteiger charge is 2.25. The van der Waals surface area contributed by atoms with E-state index in [9.17, 15) is 14.9 Å². The van der Waals surface area contributed by atoms with Gasteiger partial charge in [0.1, 0.15) is 11.6 Å². The third-order valence-corrected chi connectivity index (χ3v) is 6.99. The molecular formula is C27H32N8O3. The van der Waals surface area contributed by atoms with Crippen molar-refractivity contribution < 1.29 is 14.3 Å². The van der Waals surface area contributed by atoms with Crippen molar-refractivity contribution in [2.45, 2.75) is 25.7 Å². The van der Waals surface area contributed by atoms with Gasteiger partial charge < -0.3 is 25.2 Å². The van der Waals surface area contributed by atoms with Crippen molar-refractivity contribution in [1.29, 1.82) is 5.26 Å². The Morgan fingerprint density at radius 1 is 1.03 bits per heavy atom. The molecule has 0 saturated carbocycles. The molecule has 2 N–H and O–H groups in total. The predicted molar refractivity (Wildman–Crippen MR) is 142 cm³/mol. The maximum Gasteiger partial charge on any atom is 0.236 e. The average molecular weight is 517 g/mol. The van der Waals surface area contributed by atoms with Crippen LogP contribution in [0.1, 0.15) is 31.4 Å². The lowest BCUT2D eigenvalue weighted by atomic mass is 10.2. The summed E-state index contributed by atoms with van der Waals surface area (Å²) in [5.74, 6) is 1.70. The van der Waals surface area contributed by atoms with E-state index in [4.69, 9.17) is 4.74 Å². The number of anilines is 2. The Morgan fingerprint density at radius 3 is 2.55 bits per heavy atom. The summed E-state index contributed by atoms with van der Waals surface area (Å²) < 4.78 is 5.79. The summed E-state index contributed by atoms with van der Waals surface area (Å²) in [7, 11) is 0. The van der Waals surface area contributed by atoms with Crippen molar-refractivity contribution in [2.24, 2.45) is 0 Å². The highest BCUT2D eigenvalue weighted by molar-refractivity contribution is 5.82. The van der Waals surface area contributed by atoms with Crippen LogP contribution in [0.2, 0.25) is 0 Å². The lowest BCUT2D eigenvalue weighted by Crippen LogP contribution is -2.51. The van der Waals surface area contributed by atoms with Crippen molar-refractivity contribution in [1.82, 2.24) is 24.7 Å². The molecule has 0 spiro atoms. The number of aromatic nitrogens is 2. The van der Waals surface area contributed by atoms with E-state index in [2.05, 4.69) is 31.6 Å². The number of hydrogen-bond donors (Lipinski definition) is 2. The number of rotatable bonds is 8. The van der Waals surface area contributed by atoms with Gasteiger partial charge in [0.2, 0.25) is 23.6 Å². The molecule has 3 aliphatic heterocycles. The average Bonchev–Trinajstić information content (AvgIpc) is 3.63. The smallest absolute Gasteiger partial charge is 0.236 e. The van der Waals surface area contributed by atoms with Gasteiger partial charge in [-0.05, 0) is 37.5 Å². The van der Waals surface area contributed by atoms with Crippen molar-refractivity contribution >= 4 is 29.0 Å². The van der Waals surface area contributed by atoms with Crippen LogP contribution in [-0.4, -0.2) is 88.8 Å². The fraction of sp³-hybridized carbons (Fsp3) is 0.444. The van der Waals surface area contributed by atoms with E-state index in [0.29, 0.717) is 62.3 Å². The number of piperazine rings is 1. The minimum absolute atomic E-state index is 0.118. The molecule has 11 heteroatoms. The molecule has 1 aromatic carbocycles. The van der Waals surface area contributed by atoms with E-state index < -0.39 is 0 Å². The number of nitriles is 1. The van der Waals surface area contributed by atoms with Crippen LogP contribution in [0.3, 0.4) is 0 Å². The molecule has 4 heterocycles. The van der Waals surface area contributed by atoms with Gasteiger partial charge in [0.05, 0.1) is 17.9 Å². The van der Waals surface area contributed by atoms with Gasteiger partial charge in [0, 0.05) is 58.4 Å². The Bertz CT molecular complexity index is 1220. The van der Waals surface area contributed by atoms with Gasteiger partial charge in [-0.3, -0.25) is 14.5 Å². The molecule has 2 amide bonds. The number of likely N-dealkylation sites (tertiary alicyclic amines) is 1. The first kappa shape index (κ1) is 25.5. The van der Waals surface area contributed by atoms with E-state index in [-0.39, 0.29) is 17.4 Å². The van der Waals surface area contributed by atoms with Gasteiger partial charge in [-0.1, -0.05) is 12.1 Å². The Balaban J connectivity index is 1.06. The topological polar surface area (TPSA) is 127 Å². The first-order chi connectivity index (χ1) is 18.6. The standard InChI is InChI=1S/C27H32N8O3/c28-18-20(26-31-22-6-1-2-7-23(22)38-26)21-9-11-30-27(32-21)29-10-5-8-24(36)35-16-14-33(15-17-35)19-25(37)34-12-3-4-13-34/h1-2,6-7,9,11,31H,3-5,8,10,12-17,19H2,(H,29,30,32). The summed E-state index contributed by atoms with van der Waals surface area (Å²) in [5.41, 5.74) is 1.52. The molecule has 5 rings (SSSR count). The third kappa shape index (κ3) is 6.03. The minimum atomic E-state index is 0.118. The number of amides is 2. The molecule has 0 radical (unpaired) electrons. The summed E-state index contributed by atoms with van der Waals surface area (Å²) in [6.07, 6.45) is 4.83. The van der Waals surface area contributed by atoms with E-state index in [1.54, 1.807) is 12.3 Å². The predicted octanol–water partition coefficient (Wildman–Crippen LogP) is 2.13. The van der Waals surface area contributed by atoms with Crippen LogP contribution in [0.25, 0.3) is 5.57 Å². The summed E-state index contributed by atoms with van der Waals surface area (Å²) in [6, 6.07) is 11.3. The monoisotopic (exact) mass is 516 g/mol. The fourth-order valence-electron chi connectivity index (χ4n) is 4.85. The molecule has 0 unspecified atom stereocenters. The fourth-order valence-corrected chi connectivity index (χ4v) is 4.85. The first-order valence-corrected chi connectivity index (χ1v) is 13.1. The number of nitrogens with zero attached hydrogens (tertiary/aromatic N) is 6. The summed E-state index contributed by atoms with van der Waals surface area (Å²) in [6.45, 7) is 5.47. The van der Waals surface area contributed by atoms with Crippen molar-refractivity contribution in [2.75, 3.05) is 63.0 Å². The number of fused-ring (bicyclic) bond motifs is 1. The summed E-state index contributed by atoms with van der Waals surface area (Å²) in [5, 5.41) is 16.0. The Labute approximate surface area is 222 Å². The van der Waals surface area contributed by atoms with Crippen LogP contribution in [0.5, 0.6) is 5.75 Å². The molecule has 38 heavy (non-hydrogen) atoms. The molecule has 0 aliphatic carbocycles. The van der Waals surface area contributed by atoms with Crippen molar-refractivity contribution in [3.63, 3.8) is 0 Å². The highest BCUT2D eigenvalue weighted by atomic mass is 16.5. The Hall–Kier alpha value is -4.17. The van der Waals surface area contributed by atoms with Gasteiger partial charge >= 0.3 is 0 Å². The van der Waals surface area contributed by atoms with E-state index in [1.165, 1.54) is 0 Å². The second-order valence-electron chi connectivity index (χ2n) is 9.58. The second kappa shape index (κ2) is 11.9. The van der Waals surface area contributed by atoms with Crippen LogP contribution < -0.4 is 15.4 Å². The van der Waals surface area contributed by atoms with Gasteiger partial charge in [0.25, 0.3) is 0 Å². The number of hydrogen-bond acceptors (Lipinski definition) is 9. The van der Waals surface area contributed by atoms with E-state index in [0.717, 1.165) is 44.7 Å². The van der Waals surface area contributed by atoms with Crippen LogP contribution >= 0.6 is 0 Å². The molecule has 0 atom stereocenters. The molecule has 2 fully saturated rings. The third-order valence-electron chi connectivity index (χ3n) is 6.99. The molecule has 3 aliphatic rings. The van der Waals surface area contributed by atoms with Crippen molar-refractivity contribution in [3.05, 3.63) is 48.1 Å². The molecule has 11 nitrogen and oxygen atoms in total. The van der Waals surface area contributed by atoms with Crippen LogP contribution in [0.4, 0.5) is 11.6 Å². The molecule has 2 saturated heterocycles. The molecule has 1 aromatic heterocycles. The first-order valence-electron chi connectivity index (χ1n) is 13.1. The number of allylic oxidation sites excluding steroid dienone is 1. The van der Waals surface area contributed by atoms with Gasteiger partial charge in [-0.15, -0.1) is 0 Å². The lowest BCUT2D eigenvalue weighted by molar-refractivity contribution is -0.134. The lowest BCUT2D eigenvalue weighted by Gasteiger charge is -2.35. The Kier molecular flexibility index (Phi) is 7.99. The number of benzene rings is 1. The largest absolute Gasteiger partial charge is 0.437 e. The zero-order valence-corrected chi connectivity index (χ0v) is 21.4. The zero-order valence-electron chi connectivity index (χ0n) is 21.4. The molecule has 2 aromatic rings. The molecule has 198 valence electrons. The maximum absolute atomic E-state index is 12.7.